The summed E-state index contributed by atoms with van der Waals surface area (Å²) in [5, 5.41) is 9.13. The molecule has 0 amide bonds. The molecule has 0 aliphatic carbocycles. The average molecular weight is 235 g/mol. The number of rotatable bonds is 7. The van der Waals surface area contributed by atoms with Crippen LogP contribution in [0.2, 0.25) is 0 Å². The minimum atomic E-state index is 0.135. The lowest BCUT2D eigenvalue weighted by atomic mass is 10.1. The molecule has 0 spiro atoms. The summed E-state index contributed by atoms with van der Waals surface area (Å²) in [6.45, 7) is 11.4. The van der Waals surface area contributed by atoms with E-state index in [1.165, 1.54) is 13.0 Å². The summed E-state index contributed by atoms with van der Waals surface area (Å²) in [6, 6.07) is 2.57. The molecule has 1 heterocycles. The van der Waals surface area contributed by atoms with E-state index in [4.69, 9.17) is 5.26 Å². The van der Waals surface area contributed by atoms with Crippen LogP contribution >= 0.6 is 0 Å². The third kappa shape index (κ3) is 4.89. The molecule has 0 N–H and O–H groups in total. The summed E-state index contributed by atoms with van der Waals surface area (Å²) in [7, 11) is 0. The number of nitrogens with zero attached hydrogens (tertiary/aromatic N) is 3. The standard InChI is InChI=1S/C14H25N3/c1-3-5-6-8-16-9-11-17(12-10-16)14(13-15)7-4-2/h3,14H,1,4-12H2,2H3. The highest BCUT2D eigenvalue weighted by Gasteiger charge is 2.22. The maximum absolute atomic E-state index is 9.13. The smallest absolute Gasteiger partial charge is 0.0978 e. The molecule has 96 valence electrons. The molecule has 0 aromatic rings. The normalized spacial score (nSPS) is 19.8. The Morgan fingerprint density at radius 1 is 1.35 bits per heavy atom. The Hall–Kier alpha value is -0.850. The highest BCUT2D eigenvalue weighted by atomic mass is 15.3. The number of unbranched alkanes of at least 4 members (excludes halogenated alkanes) is 1. The van der Waals surface area contributed by atoms with Gasteiger partial charge in [0.05, 0.1) is 12.1 Å². The predicted molar refractivity (Wildman–Crippen MR) is 71.8 cm³/mol. The first-order valence-electron chi connectivity index (χ1n) is 6.78. The van der Waals surface area contributed by atoms with Crippen molar-refractivity contribution in [3.8, 4) is 6.07 Å². The third-order valence-corrected chi connectivity index (χ3v) is 3.44. The molecule has 17 heavy (non-hydrogen) atoms. The lowest BCUT2D eigenvalue weighted by molar-refractivity contribution is 0.110. The molecule has 1 rings (SSSR count). The van der Waals surface area contributed by atoms with Crippen LogP contribution in [0.1, 0.15) is 32.6 Å². The maximum Gasteiger partial charge on any atom is 0.0978 e. The quantitative estimate of drug-likeness (QED) is 0.501. The molecule has 1 saturated heterocycles. The third-order valence-electron chi connectivity index (χ3n) is 3.44. The Kier molecular flexibility index (Phi) is 6.91. The van der Waals surface area contributed by atoms with Gasteiger partial charge in [-0.15, -0.1) is 6.58 Å². The first-order chi connectivity index (χ1) is 8.31. The van der Waals surface area contributed by atoms with Crippen molar-refractivity contribution in [2.75, 3.05) is 32.7 Å². The molecule has 3 heteroatoms. The Bertz CT molecular complexity index is 249. The van der Waals surface area contributed by atoms with Crippen molar-refractivity contribution < 1.29 is 0 Å². The summed E-state index contributed by atoms with van der Waals surface area (Å²) >= 11 is 0. The molecule has 0 bridgehead atoms. The zero-order valence-electron chi connectivity index (χ0n) is 11.1. The van der Waals surface area contributed by atoms with Gasteiger partial charge < -0.3 is 4.90 Å². The van der Waals surface area contributed by atoms with E-state index in [0.717, 1.165) is 45.4 Å². The van der Waals surface area contributed by atoms with Gasteiger partial charge in [-0.2, -0.15) is 5.26 Å². The van der Waals surface area contributed by atoms with Crippen LogP contribution in [0.15, 0.2) is 12.7 Å². The fourth-order valence-electron chi connectivity index (χ4n) is 2.36. The van der Waals surface area contributed by atoms with Crippen LogP contribution in [-0.4, -0.2) is 48.6 Å². The fraction of sp³-hybridized carbons (Fsp3) is 0.786. The van der Waals surface area contributed by atoms with E-state index in [0.29, 0.717) is 0 Å². The summed E-state index contributed by atoms with van der Waals surface area (Å²) in [4.78, 5) is 4.84. The van der Waals surface area contributed by atoms with Crippen molar-refractivity contribution in [1.82, 2.24) is 9.80 Å². The maximum atomic E-state index is 9.13. The van der Waals surface area contributed by atoms with Gasteiger partial charge in [0.15, 0.2) is 0 Å². The highest BCUT2D eigenvalue weighted by molar-refractivity contribution is 4.93. The van der Waals surface area contributed by atoms with Gasteiger partial charge in [-0.1, -0.05) is 19.4 Å². The zero-order chi connectivity index (χ0) is 12.5. The molecular weight excluding hydrogens is 210 g/mol. The van der Waals surface area contributed by atoms with Gasteiger partial charge in [0.25, 0.3) is 0 Å². The second-order valence-electron chi connectivity index (χ2n) is 4.74. The first-order valence-corrected chi connectivity index (χ1v) is 6.78. The molecular formula is C14H25N3. The van der Waals surface area contributed by atoms with Crippen molar-refractivity contribution in [2.24, 2.45) is 0 Å². The zero-order valence-corrected chi connectivity index (χ0v) is 11.1. The number of nitriles is 1. The monoisotopic (exact) mass is 235 g/mol. The molecule has 1 atom stereocenters. The Balaban J connectivity index is 2.25. The average Bonchev–Trinajstić information content (AvgIpc) is 2.37. The molecule has 3 nitrogen and oxygen atoms in total. The molecule has 0 aromatic carbocycles. The van der Waals surface area contributed by atoms with E-state index in [-0.39, 0.29) is 6.04 Å². The van der Waals surface area contributed by atoms with Crippen molar-refractivity contribution in [1.29, 1.82) is 5.26 Å². The number of piperazine rings is 1. The van der Waals surface area contributed by atoms with Gasteiger partial charge in [-0.3, -0.25) is 4.90 Å². The van der Waals surface area contributed by atoms with Crippen LogP contribution in [-0.2, 0) is 0 Å². The SMILES string of the molecule is C=CCCCN1CCN(C(C#N)CCC)CC1. The van der Waals surface area contributed by atoms with Crippen LogP contribution in [0.3, 0.4) is 0 Å². The summed E-state index contributed by atoms with van der Waals surface area (Å²) in [5.41, 5.74) is 0. The van der Waals surface area contributed by atoms with E-state index in [9.17, 15) is 0 Å². The topological polar surface area (TPSA) is 30.3 Å². The van der Waals surface area contributed by atoms with Crippen molar-refractivity contribution >= 4 is 0 Å². The Morgan fingerprint density at radius 3 is 2.59 bits per heavy atom. The summed E-state index contributed by atoms with van der Waals surface area (Å²) in [5.74, 6) is 0. The van der Waals surface area contributed by atoms with Crippen LogP contribution in [0, 0.1) is 11.3 Å². The fourth-order valence-corrected chi connectivity index (χ4v) is 2.36. The van der Waals surface area contributed by atoms with E-state index in [2.05, 4.69) is 29.4 Å². The lowest BCUT2D eigenvalue weighted by Gasteiger charge is -2.36. The van der Waals surface area contributed by atoms with Crippen LogP contribution in [0.4, 0.5) is 0 Å². The molecule has 1 aliphatic heterocycles. The van der Waals surface area contributed by atoms with Gasteiger partial charge in [-0.05, 0) is 25.8 Å². The molecule has 0 radical (unpaired) electrons. The van der Waals surface area contributed by atoms with Crippen LogP contribution < -0.4 is 0 Å². The van der Waals surface area contributed by atoms with Crippen LogP contribution in [0.5, 0.6) is 0 Å². The second-order valence-corrected chi connectivity index (χ2v) is 4.74. The summed E-state index contributed by atoms with van der Waals surface area (Å²) in [6.07, 6.45) is 6.41. The molecule has 0 aromatic heterocycles. The van der Waals surface area contributed by atoms with Crippen molar-refractivity contribution in [3.05, 3.63) is 12.7 Å². The van der Waals surface area contributed by atoms with Gasteiger partial charge in [-0.25, -0.2) is 0 Å². The second kappa shape index (κ2) is 8.27. The predicted octanol–water partition coefficient (Wildman–Crippen LogP) is 2.26. The molecule has 1 aliphatic rings. The minimum Gasteiger partial charge on any atom is -0.301 e. The Morgan fingerprint density at radius 2 is 2.06 bits per heavy atom. The van der Waals surface area contributed by atoms with E-state index >= 15 is 0 Å². The van der Waals surface area contributed by atoms with Crippen LogP contribution in [0.25, 0.3) is 0 Å². The Labute approximate surface area is 106 Å². The van der Waals surface area contributed by atoms with Gasteiger partial charge in [0.1, 0.15) is 0 Å². The highest BCUT2D eigenvalue weighted by Crippen LogP contribution is 2.11. The van der Waals surface area contributed by atoms with Crippen molar-refractivity contribution in [2.45, 2.75) is 38.6 Å². The minimum absolute atomic E-state index is 0.135. The first kappa shape index (κ1) is 14.2. The molecule has 1 fully saturated rings. The van der Waals surface area contributed by atoms with Gasteiger partial charge in [0, 0.05) is 26.2 Å². The number of allylic oxidation sites excluding steroid dienone is 1. The van der Waals surface area contributed by atoms with Crippen molar-refractivity contribution in [3.63, 3.8) is 0 Å². The number of hydrogen-bond donors (Lipinski definition) is 0. The van der Waals surface area contributed by atoms with E-state index < -0.39 is 0 Å². The largest absolute Gasteiger partial charge is 0.301 e. The van der Waals surface area contributed by atoms with E-state index in [1.54, 1.807) is 0 Å². The number of hydrogen-bond acceptors (Lipinski definition) is 3. The lowest BCUT2D eigenvalue weighted by Crippen LogP contribution is -2.50. The van der Waals surface area contributed by atoms with Gasteiger partial charge >= 0.3 is 0 Å². The summed E-state index contributed by atoms with van der Waals surface area (Å²) < 4.78 is 0. The molecule has 1 unspecified atom stereocenters. The van der Waals surface area contributed by atoms with Gasteiger partial charge in [0.2, 0.25) is 0 Å². The molecule has 0 saturated carbocycles. The van der Waals surface area contributed by atoms with E-state index in [1.807, 2.05) is 6.08 Å².